The van der Waals surface area contributed by atoms with E-state index in [4.69, 9.17) is 23.2 Å². The predicted octanol–water partition coefficient (Wildman–Crippen LogP) is 3.28. The average molecular weight is 379 g/mol. The standard InChI is InChI=1S/C13H12Cl2N2O3S2/c1-8-2-3-13(21-8)22(19,20)16-7-12(18)17-11-5-9(14)4-10(15)6-11/h2-6,16H,7H2,1H3,(H,17,18). The van der Waals surface area contributed by atoms with E-state index in [2.05, 4.69) is 10.0 Å². The molecule has 0 unspecified atom stereocenters. The Hall–Kier alpha value is -1.12. The molecule has 0 bridgehead atoms. The number of anilines is 1. The minimum atomic E-state index is -3.69. The summed E-state index contributed by atoms with van der Waals surface area (Å²) < 4.78 is 26.4. The first-order valence-corrected chi connectivity index (χ1v) is 9.14. The molecular weight excluding hydrogens is 367 g/mol. The van der Waals surface area contributed by atoms with Crippen molar-refractivity contribution in [2.24, 2.45) is 0 Å². The van der Waals surface area contributed by atoms with Crippen LogP contribution in [0.4, 0.5) is 5.69 Å². The molecule has 0 saturated carbocycles. The van der Waals surface area contributed by atoms with Crippen molar-refractivity contribution in [3.63, 3.8) is 0 Å². The number of nitrogens with one attached hydrogen (secondary N) is 2. The summed E-state index contributed by atoms with van der Waals surface area (Å²) in [5, 5.41) is 3.27. The smallest absolute Gasteiger partial charge is 0.250 e. The van der Waals surface area contributed by atoms with E-state index in [-0.39, 0.29) is 10.8 Å². The Bertz CT molecular complexity index is 783. The van der Waals surface area contributed by atoms with Crippen LogP contribution in [-0.2, 0) is 14.8 Å². The molecule has 9 heteroatoms. The molecule has 1 aromatic carbocycles. The molecular formula is C13H12Cl2N2O3S2. The zero-order chi connectivity index (χ0) is 16.3. The van der Waals surface area contributed by atoms with Crippen LogP contribution in [0.15, 0.2) is 34.5 Å². The van der Waals surface area contributed by atoms with Crippen molar-refractivity contribution in [3.05, 3.63) is 45.3 Å². The van der Waals surface area contributed by atoms with Crippen LogP contribution in [0.25, 0.3) is 0 Å². The van der Waals surface area contributed by atoms with E-state index < -0.39 is 15.9 Å². The molecule has 0 fully saturated rings. The summed E-state index contributed by atoms with van der Waals surface area (Å²) in [6.45, 7) is 1.42. The van der Waals surface area contributed by atoms with Crippen molar-refractivity contribution >= 4 is 56.2 Å². The van der Waals surface area contributed by atoms with Gasteiger partial charge in [0.15, 0.2) is 0 Å². The van der Waals surface area contributed by atoms with Gasteiger partial charge in [0.2, 0.25) is 5.91 Å². The number of sulfonamides is 1. The lowest BCUT2D eigenvalue weighted by Crippen LogP contribution is -2.32. The van der Waals surface area contributed by atoms with Gasteiger partial charge in [-0.1, -0.05) is 23.2 Å². The first-order chi connectivity index (χ1) is 10.3. The van der Waals surface area contributed by atoms with Crippen molar-refractivity contribution in [2.45, 2.75) is 11.1 Å². The van der Waals surface area contributed by atoms with Gasteiger partial charge < -0.3 is 5.32 Å². The molecule has 22 heavy (non-hydrogen) atoms. The van der Waals surface area contributed by atoms with Gasteiger partial charge >= 0.3 is 0 Å². The Morgan fingerprint density at radius 1 is 1.18 bits per heavy atom. The predicted molar refractivity (Wildman–Crippen MR) is 89.3 cm³/mol. The van der Waals surface area contributed by atoms with E-state index in [0.29, 0.717) is 15.7 Å². The Balaban J connectivity index is 1.98. The lowest BCUT2D eigenvalue weighted by molar-refractivity contribution is -0.115. The fourth-order valence-corrected chi connectivity index (χ4v) is 4.46. The molecule has 1 aromatic heterocycles. The third kappa shape index (κ3) is 4.69. The molecule has 0 spiro atoms. The molecule has 0 aliphatic heterocycles. The molecule has 2 rings (SSSR count). The van der Waals surface area contributed by atoms with Crippen LogP contribution in [-0.4, -0.2) is 20.9 Å². The number of carbonyl (C=O) groups is 1. The summed E-state index contributed by atoms with van der Waals surface area (Å²) in [6, 6.07) is 7.76. The topological polar surface area (TPSA) is 75.3 Å². The van der Waals surface area contributed by atoms with Gasteiger partial charge in [0.25, 0.3) is 10.0 Å². The van der Waals surface area contributed by atoms with E-state index >= 15 is 0 Å². The molecule has 0 saturated heterocycles. The molecule has 1 heterocycles. The zero-order valence-electron chi connectivity index (χ0n) is 11.4. The number of hydrogen-bond donors (Lipinski definition) is 2. The molecule has 0 aliphatic carbocycles. The van der Waals surface area contributed by atoms with Crippen molar-refractivity contribution < 1.29 is 13.2 Å². The number of carbonyl (C=O) groups excluding carboxylic acids is 1. The second-order valence-electron chi connectivity index (χ2n) is 4.40. The van der Waals surface area contributed by atoms with Crippen LogP contribution in [0.3, 0.4) is 0 Å². The number of aryl methyl sites for hydroxylation is 1. The van der Waals surface area contributed by atoms with Crippen molar-refractivity contribution in [1.29, 1.82) is 0 Å². The summed E-state index contributed by atoms with van der Waals surface area (Å²) in [5.74, 6) is -0.518. The van der Waals surface area contributed by atoms with E-state index in [9.17, 15) is 13.2 Å². The van der Waals surface area contributed by atoms with E-state index in [1.165, 1.54) is 24.3 Å². The quantitative estimate of drug-likeness (QED) is 0.837. The SMILES string of the molecule is Cc1ccc(S(=O)(=O)NCC(=O)Nc2cc(Cl)cc(Cl)c2)s1. The highest BCUT2D eigenvalue weighted by Gasteiger charge is 2.17. The largest absolute Gasteiger partial charge is 0.325 e. The number of hydrogen-bond acceptors (Lipinski definition) is 4. The van der Waals surface area contributed by atoms with E-state index in [1.807, 2.05) is 0 Å². The minimum Gasteiger partial charge on any atom is -0.325 e. The maximum Gasteiger partial charge on any atom is 0.250 e. The second kappa shape index (κ2) is 6.97. The summed E-state index contributed by atoms with van der Waals surface area (Å²) in [4.78, 5) is 12.7. The lowest BCUT2D eigenvalue weighted by Gasteiger charge is -2.07. The highest BCUT2D eigenvalue weighted by atomic mass is 35.5. The average Bonchev–Trinajstić information content (AvgIpc) is 2.83. The second-order valence-corrected chi connectivity index (χ2v) is 8.55. The number of rotatable bonds is 5. The maximum atomic E-state index is 12.0. The van der Waals surface area contributed by atoms with Gasteiger partial charge in [-0.25, -0.2) is 13.1 Å². The van der Waals surface area contributed by atoms with Crippen molar-refractivity contribution in [1.82, 2.24) is 4.72 Å². The Kier molecular flexibility index (Phi) is 5.46. The first kappa shape index (κ1) is 17.2. The number of benzene rings is 1. The van der Waals surface area contributed by atoms with E-state index in [1.54, 1.807) is 13.0 Å². The maximum absolute atomic E-state index is 12.0. The molecule has 1 amide bonds. The summed E-state index contributed by atoms with van der Waals surface area (Å²) in [5.41, 5.74) is 0.397. The van der Waals surface area contributed by atoms with Gasteiger partial charge in [0.1, 0.15) is 4.21 Å². The summed E-state index contributed by atoms with van der Waals surface area (Å²) in [6.07, 6.45) is 0. The van der Waals surface area contributed by atoms with Crippen LogP contribution in [0, 0.1) is 6.92 Å². The van der Waals surface area contributed by atoms with Crippen LogP contribution in [0.5, 0.6) is 0 Å². The van der Waals surface area contributed by atoms with Crippen molar-refractivity contribution in [2.75, 3.05) is 11.9 Å². The van der Waals surface area contributed by atoms with E-state index in [0.717, 1.165) is 16.2 Å². The Morgan fingerprint density at radius 3 is 2.36 bits per heavy atom. The lowest BCUT2D eigenvalue weighted by atomic mass is 10.3. The van der Waals surface area contributed by atoms with Crippen LogP contribution in [0.1, 0.15) is 4.88 Å². The number of amides is 1. The Labute approximate surface area is 142 Å². The molecule has 2 N–H and O–H groups in total. The molecule has 0 aliphatic rings. The van der Waals surface area contributed by atoms with Crippen molar-refractivity contribution in [3.8, 4) is 0 Å². The van der Waals surface area contributed by atoms with Crippen LogP contribution >= 0.6 is 34.5 Å². The summed E-state index contributed by atoms with van der Waals surface area (Å²) >= 11 is 12.8. The first-order valence-electron chi connectivity index (χ1n) is 6.08. The monoisotopic (exact) mass is 378 g/mol. The van der Waals surface area contributed by atoms with Gasteiger partial charge in [0.05, 0.1) is 6.54 Å². The van der Waals surface area contributed by atoms with Gasteiger partial charge in [-0.05, 0) is 37.3 Å². The summed E-state index contributed by atoms with van der Waals surface area (Å²) in [7, 11) is -3.69. The molecule has 2 aromatic rings. The zero-order valence-corrected chi connectivity index (χ0v) is 14.5. The fraction of sp³-hybridized carbons (Fsp3) is 0.154. The highest BCUT2D eigenvalue weighted by molar-refractivity contribution is 7.91. The molecule has 5 nitrogen and oxygen atoms in total. The highest BCUT2D eigenvalue weighted by Crippen LogP contribution is 2.22. The van der Waals surface area contributed by atoms with Gasteiger partial charge in [0, 0.05) is 20.6 Å². The van der Waals surface area contributed by atoms with Crippen LogP contribution < -0.4 is 10.0 Å². The minimum absolute atomic E-state index is 0.170. The van der Waals surface area contributed by atoms with Gasteiger partial charge in [-0.3, -0.25) is 4.79 Å². The Morgan fingerprint density at radius 2 is 1.82 bits per heavy atom. The third-order valence-corrected chi connectivity index (χ3v) is 5.88. The molecule has 0 radical (unpaired) electrons. The van der Waals surface area contributed by atoms with Gasteiger partial charge in [-0.2, -0.15) is 0 Å². The van der Waals surface area contributed by atoms with Gasteiger partial charge in [-0.15, -0.1) is 11.3 Å². The molecule has 0 atom stereocenters. The number of halogens is 2. The normalized spacial score (nSPS) is 11.4. The molecule has 118 valence electrons. The fourth-order valence-electron chi connectivity index (χ4n) is 1.62. The number of thiophene rings is 1. The third-order valence-electron chi connectivity index (χ3n) is 2.55. The van der Waals surface area contributed by atoms with Crippen LogP contribution in [0.2, 0.25) is 10.0 Å².